The molecule has 0 bridgehead atoms. The first-order valence-electron chi connectivity index (χ1n) is 10.0. The molecule has 26 heavy (non-hydrogen) atoms. The third-order valence-corrected chi connectivity index (χ3v) is 5.37. The van der Waals surface area contributed by atoms with Crippen LogP contribution >= 0.6 is 0 Å². The van der Waals surface area contributed by atoms with Crippen molar-refractivity contribution in [2.45, 2.75) is 65.5 Å². The van der Waals surface area contributed by atoms with Crippen LogP contribution in [-0.4, -0.2) is 41.2 Å². The summed E-state index contributed by atoms with van der Waals surface area (Å²) in [5, 5.41) is 4.90. The van der Waals surface area contributed by atoms with Crippen molar-refractivity contribution >= 4 is 16.6 Å². The van der Waals surface area contributed by atoms with Crippen LogP contribution in [0, 0.1) is 0 Å². The zero-order valence-corrected chi connectivity index (χ0v) is 16.9. The summed E-state index contributed by atoms with van der Waals surface area (Å²) in [7, 11) is 0. The Labute approximate surface area is 157 Å². The Kier molecular flexibility index (Phi) is 5.71. The molecule has 142 valence electrons. The van der Waals surface area contributed by atoms with E-state index in [1.54, 1.807) is 0 Å². The van der Waals surface area contributed by atoms with Crippen molar-refractivity contribution in [2.75, 3.05) is 25.0 Å². The molecule has 1 N–H and O–H groups in total. The van der Waals surface area contributed by atoms with Crippen LogP contribution in [-0.2, 0) is 6.42 Å². The summed E-state index contributed by atoms with van der Waals surface area (Å²) in [5.41, 5.74) is 3.36. The van der Waals surface area contributed by atoms with Crippen LogP contribution < -0.4 is 10.1 Å². The number of hydrogen-bond acceptors (Lipinski definition) is 4. The van der Waals surface area contributed by atoms with Crippen molar-refractivity contribution in [3.63, 3.8) is 0 Å². The second-order valence-corrected chi connectivity index (χ2v) is 8.05. The molecule has 3 rings (SSSR count). The van der Waals surface area contributed by atoms with Gasteiger partial charge in [0.2, 0.25) is 0 Å². The first-order chi connectivity index (χ1) is 12.4. The average Bonchev–Trinajstić information content (AvgIpc) is 2.93. The van der Waals surface area contributed by atoms with Gasteiger partial charge in [-0.1, -0.05) is 13.8 Å². The van der Waals surface area contributed by atoms with Gasteiger partial charge < -0.3 is 15.0 Å². The fourth-order valence-corrected chi connectivity index (χ4v) is 3.91. The first-order valence-corrected chi connectivity index (χ1v) is 10.0. The maximum absolute atomic E-state index is 6.06. The minimum Gasteiger partial charge on any atom is -0.487 e. The van der Waals surface area contributed by atoms with Crippen molar-refractivity contribution in [2.24, 2.45) is 0 Å². The van der Waals surface area contributed by atoms with Gasteiger partial charge in [0.1, 0.15) is 11.4 Å². The van der Waals surface area contributed by atoms with E-state index in [0.717, 1.165) is 30.8 Å². The number of ether oxygens (including phenoxy) is 1. The Balaban J connectivity index is 1.71. The van der Waals surface area contributed by atoms with Crippen LogP contribution in [0.25, 0.3) is 10.9 Å². The molecule has 1 unspecified atom stereocenters. The zero-order chi connectivity index (χ0) is 18.7. The molecule has 0 spiro atoms. The summed E-state index contributed by atoms with van der Waals surface area (Å²) in [5.74, 6) is 0.986. The summed E-state index contributed by atoms with van der Waals surface area (Å²) in [6, 6.07) is 6.78. The van der Waals surface area contributed by atoms with Gasteiger partial charge in [-0.15, -0.1) is 0 Å². The highest BCUT2D eigenvalue weighted by atomic mass is 16.5. The van der Waals surface area contributed by atoms with Crippen LogP contribution in [0.5, 0.6) is 5.75 Å². The molecule has 0 fully saturated rings. The van der Waals surface area contributed by atoms with Crippen LogP contribution in [0.2, 0.25) is 0 Å². The summed E-state index contributed by atoms with van der Waals surface area (Å²) in [6.07, 6.45) is 5.21. The van der Waals surface area contributed by atoms with Gasteiger partial charge in [0.15, 0.2) is 0 Å². The monoisotopic (exact) mass is 355 g/mol. The lowest BCUT2D eigenvalue weighted by Crippen LogP contribution is -2.25. The Morgan fingerprint density at radius 2 is 2.00 bits per heavy atom. The molecular weight excluding hydrogens is 322 g/mol. The summed E-state index contributed by atoms with van der Waals surface area (Å²) < 4.78 is 6.06. The van der Waals surface area contributed by atoms with Crippen molar-refractivity contribution in [1.29, 1.82) is 0 Å². The normalized spacial score (nSPS) is 16.5. The fraction of sp³-hybridized carbons (Fsp3) is 0.591. The Morgan fingerprint density at radius 1 is 1.23 bits per heavy atom. The van der Waals surface area contributed by atoms with Gasteiger partial charge in [0.25, 0.3) is 0 Å². The number of fused-ring (bicyclic) bond motifs is 3. The fourth-order valence-electron chi connectivity index (χ4n) is 3.91. The molecule has 0 amide bonds. The predicted molar refractivity (Wildman–Crippen MR) is 110 cm³/mol. The molecule has 1 aromatic heterocycles. The third kappa shape index (κ3) is 4.12. The number of hydrogen-bond donors (Lipinski definition) is 1. The number of aromatic nitrogens is 1. The van der Waals surface area contributed by atoms with Gasteiger partial charge in [-0.3, -0.25) is 4.98 Å². The first kappa shape index (κ1) is 19.0. The maximum Gasteiger partial charge on any atom is 0.125 e. The van der Waals surface area contributed by atoms with Crippen LogP contribution in [0.1, 0.15) is 53.0 Å². The number of nitrogens with zero attached hydrogens (tertiary/aromatic N) is 2. The van der Waals surface area contributed by atoms with Crippen LogP contribution in [0.15, 0.2) is 24.4 Å². The third-order valence-electron chi connectivity index (χ3n) is 5.37. The smallest absolute Gasteiger partial charge is 0.125 e. The van der Waals surface area contributed by atoms with E-state index >= 15 is 0 Å². The Morgan fingerprint density at radius 3 is 2.73 bits per heavy atom. The molecule has 4 nitrogen and oxygen atoms in total. The number of rotatable bonds is 8. The van der Waals surface area contributed by atoms with Crippen LogP contribution in [0.3, 0.4) is 0 Å². The summed E-state index contributed by atoms with van der Waals surface area (Å²) >= 11 is 0. The highest BCUT2D eigenvalue weighted by Gasteiger charge is 2.32. The lowest BCUT2D eigenvalue weighted by Gasteiger charge is -2.21. The molecule has 0 radical (unpaired) electrons. The van der Waals surface area contributed by atoms with E-state index < -0.39 is 0 Å². The van der Waals surface area contributed by atoms with Gasteiger partial charge in [-0.2, -0.15) is 0 Å². The van der Waals surface area contributed by atoms with Gasteiger partial charge in [-0.25, -0.2) is 0 Å². The standard InChI is InChI=1S/C22H33N3O/c1-6-25(7-2)14-8-9-16(3)24-19-12-13-23-21-17(19)10-11-20-18(21)15-22(4,5)26-20/h10-13,16H,6-9,14-15H2,1-5H3,(H,23,24). The number of pyridine rings is 1. The molecule has 2 aromatic rings. The van der Waals surface area contributed by atoms with E-state index in [0.29, 0.717) is 6.04 Å². The molecule has 1 aliphatic heterocycles. The number of anilines is 1. The number of benzene rings is 1. The second kappa shape index (κ2) is 7.83. The Bertz CT molecular complexity index is 752. The molecule has 1 atom stereocenters. The second-order valence-electron chi connectivity index (χ2n) is 8.05. The molecule has 4 heteroatoms. The van der Waals surface area contributed by atoms with E-state index in [4.69, 9.17) is 4.74 Å². The Hall–Kier alpha value is -1.81. The van der Waals surface area contributed by atoms with Gasteiger partial charge in [-0.05, 0) is 71.4 Å². The van der Waals surface area contributed by atoms with Gasteiger partial charge >= 0.3 is 0 Å². The van der Waals surface area contributed by atoms with Crippen molar-refractivity contribution in [3.05, 3.63) is 30.0 Å². The quantitative estimate of drug-likeness (QED) is 0.733. The minimum atomic E-state index is -0.139. The van der Waals surface area contributed by atoms with Crippen molar-refractivity contribution < 1.29 is 4.74 Å². The topological polar surface area (TPSA) is 37.4 Å². The summed E-state index contributed by atoms with van der Waals surface area (Å²) in [4.78, 5) is 7.15. The molecule has 0 aliphatic carbocycles. The van der Waals surface area contributed by atoms with E-state index in [-0.39, 0.29) is 5.60 Å². The minimum absolute atomic E-state index is 0.139. The van der Waals surface area contributed by atoms with Gasteiger partial charge in [0.05, 0.1) is 5.52 Å². The zero-order valence-electron chi connectivity index (χ0n) is 16.9. The molecule has 0 saturated carbocycles. The maximum atomic E-state index is 6.06. The molecule has 2 heterocycles. The molecule has 1 aromatic carbocycles. The molecular formula is C22H33N3O. The van der Waals surface area contributed by atoms with Crippen molar-refractivity contribution in [1.82, 2.24) is 9.88 Å². The van der Waals surface area contributed by atoms with E-state index in [1.807, 2.05) is 6.20 Å². The molecule has 1 aliphatic rings. The SMILES string of the molecule is CCN(CC)CCCC(C)Nc1ccnc2c3c(ccc12)OC(C)(C)C3. The lowest BCUT2D eigenvalue weighted by atomic mass is 9.99. The highest BCUT2D eigenvalue weighted by Crippen LogP contribution is 2.40. The lowest BCUT2D eigenvalue weighted by molar-refractivity contribution is 0.138. The average molecular weight is 356 g/mol. The highest BCUT2D eigenvalue weighted by molar-refractivity contribution is 5.94. The van der Waals surface area contributed by atoms with E-state index in [2.05, 4.69) is 68.0 Å². The van der Waals surface area contributed by atoms with Crippen LogP contribution in [0.4, 0.5) is 5.69 Å². The van der Waals surface area contributed by atoms with Crippen molar-refractivity contribution in [3.8, 4) is 5.75 Å². The van der Waals surface area contributed by atoms with Gasteiger partial charge in [0, 0.05) is 35.3 Å². The predicted octanol–water partition coefficient (Wildman–Crippen LogP) is 4.87. The van der Waals surface area contributed by atoms with E-state index in [1.165, 1.54) is 36.0 Å². The summed E-state index contributed by atoms with van der Waals surface area (Å²) in [6.45, 7) is 14.5. The number of nitrogens with one attached hydrogen (secondary N) is 1. The largest absolute Gasteiger partial charge is 0.487 e. The van der Waals surface area contributed by atoms with E-state index in [9.17, 15) is 0 Å². The molecule has 0 saturated heterocycles.